The van der Waals surface area contributed by atoms with E-state index in [1.54, 1.807) is 0 Å². The van der Waals surface area contributed by atoms with Crippen molar-refractivity contribution in [3.63, 3.8) is 0 Å². The van der Waals surface area contributed by atoms with E-state index >= 15 is 0 Å². The molecule has 0 bridgehead atoms. The second-order valence-corrected chi connectivity index (χ2v) is 4.57. The van der Waals surface area contributed by atoms with E-state index in [1.165, 1.54) is 0 Å². The first kappa shape index (κ1) is 17.6. The van der Waals surface area contributed by atoms with Gasteiger partial charge in [0.1, 0.15) is 0 Å². The topological polar surface area (TPSA) is 59.6 Å². The minimum Gasteiger partial charge on any atom is -0.353 e. The Hall–Kier alpha value is -1.43. The third-order valence-corrected chi connectivity index (χ3v) is 2.88. The van der Waals surface area contributed by atoms with Crippen LogP contribution >= 0.6 is 0 Å². The molecule has 0 aromatic heterocycles. The summed E-state index contributed by atoms with van der Waals surface area (Å²) in [6.45, 7) is 6.68. The maximum Gasteiger partial charge on any atom is 0.234 e. The molecule has 0 spiro atoms. The van der Waals surface area contributed by atoms with Crippen LogP contribution in [0.15, 0.2) is 30.3 Å². The van der Waals surface area contributed by atoms with Gasteiger partial charge < -0.3 is 20.1 Å². The van der Waals surface area contributed by atoms with E-state index in [1.807, 2.05) is 44.2 Å². The Labute approximate surface area is 127 Å². The Morgan fingerprint density at radius 3 is 2.43 bits per heavy atom. The third-order valence-electron chi connectivity index (χ3n) is 2.88. The molecule has 1 aromatic carbocycles. The molecule has 0 saturated carbocycles. The fourth-order valence-corrected chi connectivity index (χ4v) is 1.87. The Morgan fingerprint density at radius 1 is 1.14 bits per heavy atom. The Kier molecular flexibility index (Phi) is 9.44. The minimum atomic E-state index is -0.195. The number of hydrogen-bond donors (Lipinski definition) is 2. The first-order chi connectivity index (χ1) is 10.3. The average molecular weight is 294 g/mol. The fourth-order valence-electron chi connectivity index (χ4n) is 1.87. The zero-order chi connectivity index (χ0) is 15.3. The quantitative estimate of drug-likeness (QED) is 0.481. The number of carbonyl (C=O) groups is 1. The largest absolute Gasteiger partial charge is 0.353 e. The van der Waals surface area contributed by atoms with E-state index in [9.17, 15) is 4.79 Å². The molecular formula is C16H26N2O3. The standard InChI is InChI=1S/C16H26N2O3/c1-3-20-16(21-4-2)10-11-17-13-15(19)18-12-14-8-6-5-7-9-14/h5-9,16-17H,3-4,10-13H2,1-2H3,(H,18,19). The summed E-state index contributed by atoms with van der Waals surface area (Å²) in [5.74, 6) is -0.0109. The van der Waals surface area contributed by atoms with E-state index in [4.69, 9.17) is 9.47 Å². The summed E-state index contributed by atoms with van der Waals surface area (Å²) in [7, 11) is 0. The number of amides is 1. The summed E-state index contributed by atoms with van der Waals surface area (Å²) in [4.78, 5) is 11.7. The van der Waals surface area contributed by atoms with E-state index in [0.717, 1.165) is 12.0 Å². The highest BCUT2D eigenvalue weighted by Gasteiger charge is 2.07. The number of benzene rings is 1. The van der Waals surface area contributed by atoms with Crippen LogP contribution in [0.5, 0.6) is 0 Å². The molecule has 5 nitrogen and oxygen atoms in total. The molecule has 0 atom stereocenters. The zero-order valence-electron chi connectivity index (χ0n) is 12.9. The molecule has 0 aliphatic carbocycles. The van der Waals surface area contributed by atoms with Crippen LogP contribution in [-0.4, -0.2) is 38.5 Å². The second-order valence-electron chi connectivity index (χ2n) is 4.57. The van der Waals surface area contributed by atoms with Crippen molar-refractivity contribution >= 4 is 5.91 Å². The summed E-state index contributed by atoms with van der Waals surface area (Å²) >= 11 is 0. The van der Waals surface area contributed by atoms with Gasteiger partial charge in [-0.3, -0.25) is 4.79 Å². The van der Waals surface area contributed by atoms with Gasteiger partial charge in [-0.2, -0.15) is 0 Å². The van der Waals surface area contributed by atoms with Crippen molar-refractivity contribution in [1.82, 2.24) is 10.6 Å². The van der Waals surface area contributed by atoms with Gasteiger partial charge in [-0.1, -0.05) is 30.3 Å². The van der Waals surface area contributed by atoms with Crippen molar-refractivity contribution in [1.29, 1.82) is 0 Å². The van der Waals surface area contributed by atoms with Gasteiger partial charge >= 0.3 is 0 Å². The minimum absolute atomic E-state index is 0.0109. The second kappa shape index (κ2) is 11.3. The van der Waals surface area contributed by atoms with Gasteiger partial charge in [0.15, 0.2) is 6.29 Å². The third kappa shape index (κ3) is 8.45. The summed E-state index contributed by atoms with van der Waals surface area (Å²) in [5, 5.41) is 5.97. The van der Waals surface area contributed by atoms with E-state index in [-0.39, 0.29) is 12.2 Å². The molecule has 0 aliphatic heterocycles. The molecule has 0 aliphatic rings. The first-order valence-corrected chi connectivity index (χ1v) is 7.50. The number of hydrogen-bond acceptors (Lipinski definition) is 4. The van der Waals surface area contributed by atoms with Crippen LogP contribution in [0.3, 0.4) is 0 Å². The molecule has 21 heavy (non-hydrogen) atoms. The molecule has 0 heterocycles. The number of rotatable bonds is 11. The first-order valence-electron chi connectivity index (χ1n) is 7.50. The van der Waals surface area contributed by atoms with Crippen LogP contribution in [0.2, 0.25) is 0 Å². The lowest BCUT2D eigenvalue weighted by Gasteiger charge is -2.16. The van der Waals surface area contributed by atoms with Gasteiger partial charge in [0.25, 0.3) is 0 Å². The van der Waals surface area contributed by atoms with Gasteiger partial charge in [-0.15, -0.1) is 0 Å². The van der Waals surface area contributed by atoms with Crippen molar-refractivity contribution < 1.29 is 14.3 Å². The smallest absolute Gasteiger partial charge is 0.234 e. The summed E-state index contributed by atoms with van der Waals surface area (Å²) in [6.07, 6.45) is 0.535. The maximum absolute atomic E-state index is 11.7. The van der Waals surface area contributed by atoms with E-state index < -0.39 is 0 Å². The molecule has 0 radical (unpaired) electrons. The van der Waals surface area contributed by atoms with E-state index in [2.05, 4.69) is 10.6 Å². The van der Waals surface area contributed by atoms with Crippen molar-refractivity contribution in [2.24, 2.45) is 0 Å². The van der Waals surface area contributed by atoms with E-state index in [0.29, 0.717) is 32.8 Å². The van der Waals surface area contributed by atoms with Crippen LogP contribution in [-0.2, 0) is 20.8 Å². The van der Waals surface area contributed by atoms with Gasteiger partial charge in [0, 0.05) is 32.7 Å². The highest BCUT2D eigenvalue weighted by atomic mass is 16.7. The fraction of sp³-hybridized carbons (Fsp3) is 0.562. The molecule has 1 rings (SSSR count). The van der Waals surface area contributed by atoms with Crippen molar-refractivity contribution in [3.8, 4) is 0 Å². The van der Waals surface area contributed by atoms with Gasteiger partial charge in [-0.25, -0.2) is 0 Å². The van der Waals surface area contributed by atoms with Crippen LogP contribution in [0.25, 0.3) is 0 Å². The monoisotopic (exact) mass is 294 g/mol. The normalized spacial score (nSPS) is 10.8. The molecule has 1 amide bonds. The van der Waals surface area contributed by atoms with Crippen LogP contribution in [0.4, 0.5) is 0 Å². The van der Waals surface area contributed by atoms with Crippen molar-refractivity contribution in [3.05, 3.63) is 35.9 Å². The Bertz CT molecular complexity index is 378. The highest BCUT2D eigenvalue weighted by molar-refractivity contribution is 5.77. The number of carbonyl (C=O) groups excluding carboxylic acids is 1. The number of nitrogens with one attached hydrogen (secondary N) is 2. The predicted octanol–water partition coefficient (Wildman–Crippen LogP) is 1.68. The average Bonchev–Trinajstić information content (AvgIpc) is 2.51. The molecule has 5 heteroatoms. The summed E-state index contributed by atoms with van der Waals surface area (Å²) in [5.41, 5.74) is 1.10. The predicted molar refractivity (Wildman–Crippen MR) is 82.8 cm³/mol. The van der Waals surface area contributed by atoms with Gasteiger partial charge in [0.05, 0.1) is 6.54 Å². The molecule has 2 N–H and O–H groups in total. The Morgan fingerprint density at radius 2 is 1.81 bits per heavy atom. The highest BCUT2D eigenvalue weighted by Crippen LogP contribution is 1.99. The summed E-state index contributed by atoms with van der Waals surface area (Å²) < 4.78 is 10.9. The molecular weight excluding hydrogens is 268 g/mol. The van der Waals surface area contributed by atoms with Crippen LogP contribution in [0.1, 0.15) is 25.8 Å². The number of ether oxygens (including phenoxy) is 2. The Balaban J connectivity index is 2.10. The van der Waals surface area contributed by atoms with Crippen molar-refractivity contribution in [2.45, 2.75) is 33.1 Å². The SMILES string of the molecule is CCOC(CCNCC(=O)NCc1ccccc1)OCC. The molecule has 118 valence electrons. The summed E-state index contributed by atoms with van der Waals surface area (Å²) in [6, 6.07) is 9.85. The molecule has 0 unspecified atom stereocenters. The lowest BCUT2D eigenvalue weighted by molar-refractivity contribution is -0.139. The van der Waals surface area contributed by atoms with Gasteiger partial charge in [-0.05, 0) is 19.4 Å². The lowest BCUT2D eigenvalue weighted by Crippen LogP contribution is -2.35. The molecule has 0 fully saturated rings. The van der Waals surface area contributed by atoms with Crippen molar-refractivity contribution in [2.75, 3.05) is 26.3 Å². The zero-order valence-corrected chi connectivity index (χ0v) is 12.9. The molecule has 1 aromatic rings. The van der Waals surface area contributed by atoms with Crippen LogP contribution in [0, 0.1) is 0 Å². The van der Waals surface area contributed by atoms with Crippen LogP contribution < -0.4 is 10.6 Å². The molecule has 0 saturated heterocycles. The lowest BCUT2D eigenvalue weighted by atomic mass is 10.2. The maximum atomic E-state index is 11.7. The van der Waals surface area contributed by atoms with Gasteiger partial charge in [0.2, 0.25) is 5.91 Å².